The first kappa shape index (κ1) is 11.8. The highest BCUT2D eigenvalue weighted by Crippen LogP contribution is 2.37. The minimum atomic E-state index is -0.0374. The van der Waals surface area contributed by atoms with E-state index in [0.717, 1.165) is 0 Å². The first-order valence-electron chi connectivity index (χ1n) is 2.66. The lowest BCUT2D eigenvalue weighted by molar-refractivity contribution is -0.114. The molecule has 1 aliphatic rings. The van der Waals surface area contributed by atoms with Crippen molar-refractivity contribution >= 4 is 102 Å². The number of hydrogen-bond donors (Lipinski definition) is 0. The second-order valence-electron chi connectivity index (χ2n) is 1.91. The summed E-state index contributed by atoms with van der Waals surface area (Å²) >= 11 is 7.63. The normalized spacial score (nSPS) is 19.3. The molecule has 64 valence electrons. The quantitative estimate of drug-likeness (QED) is 0.312. The average molecular weight is 612 g/mol. The highest BCUT2D eigenvalue weighted by molar-refractivity contribution is 14.1. The van der Waals surface area contributed by atoms with E-state index in [4.69, 9.17) is 0 Å². The first-order valence-corrected chi connectivity index (χ1v) is 6.98. The van der Waals surface area contributed by atoms with Gasteiger partial charge in [0.25, 0.3) is 0 Å². The van der Waals surface area contributed by atoms with Crippen LogP contribution in [-0.2, 0) is 9.59 Å². The van der Waals surface area contributed by atoms with Crippen molar-refractivity contribution in [2.75, 3.05) is 0 Å². The van der Waals surface area contributed by atoms with E-state index < -0.39 is 0 Å². The van der Waals surface area contributed by atoms with E-state index in [9.17, 15) is 9.59 Å². The molecule has 0 N–H and O–H groups in total. The minimum absolute atomic E-state index is 0.0374. The molecule has 12 heavy (non-hydrogen) atoms. The number of Topliss-reactive ketones (excluding diaryl/α,β-unsaturated/α-hetero) is 2. The summed E-state index contributed by atoms with van der Waals surface area (Å²) in [5.74, 6) is -0.0748. The number of hydrogen-bond acceptors (Lipinski definition) is 2. The molecule has 1 aliphatic carbocycles. The van der Waals surface area contributed by atoms with Crippen LogP contribution in [0, 0.1) is 0 Å². The molecule has 0 unspecified atom stereocenters. The van der Waals surface area contributed by atoms with Crippen molar-refractivity contribution in [2.45, 2.75) is 0 Å². The van der Waals surface area contributed by atoms with E-state index in [1.807, 2.05) is 90.4 Å². The summed E-state index contributed by atoms with van der Waals surface area (Å²) in [6.07, 6.45) is 0. The zero-order valence-electron chi connectivity index (χ0n) is 5.33. The van der Waals surface area contributed by atoms with E-state index in [1.165, 1.54) is 0 Å². The van der Waals surface area contributed by atoms with Gasteiger partial charge < -0.3 is 0 Å². The maximum atomic E-state index is 11.4. The van der Waals surface area contributed by atoms with Crippen molar-refractivity contribution in [1.82, 2.24) is 0 Å². The molecule has 0 saturated heterocycles. The van der Waals surface area contributed by atoms with Gasteiger partial charge in [-0.2, -0.15) is 0 Å². The van der Waals surface area contributed by atoms with Crippen LogP contribution in [0.1, 0.15) is 0 Å². The summed E-state index contributed by atoms with van der Waals surface area (Å²) in [7, 11) is 0. The van der Waals surface area contributed by atoms with Crippen molar-refractivity contribution in [3.8, 4) is 0 Å². The minimum Gasteiger partial charge on any atom is -0.287 e. The fraction of sp³-hybridized carbons (Fsp3) is 0. The molecule has 0 aromatic rings. The second-order valence-corrected chi connectivity index (χ2v) is 6.23. The summed E-state index contributed by atoms with van der Waals surface area (Å²) in [4.78, 5) is 22.8. The molecule has 0 bridgehead atoms. The average Bonchev–Trinajstić information content (AvgIpc) is 2.08. The summed E-state index contributed by atoms with van der Waals surface area (Å²) in [5.41, 5.74) is 0. The molecule has 1 rings (SSSR count). The molecule has 0 heterocycles. The van der Waals surface area contributed by atoms with Crippen LogP contribution in [0.25, 0.3) is 0 Å². The maximum absolute atomic E-state index is 11.4. The molecule has 0 aromatic heterocycles. The van der Waals surface area contributed by atoms with Gasteiger partial charge in [0.2, 0.25) is 11.6 Å². The lowest BCUT2D eigenvalue weighted by atomic mass is 10.2. The molecule has 0 saturated carbocycles. The summed E-state index contributed by atoms with van der Waals surface area (Å²) < 4.78 is 2.12. The topological polar surface area (TPSA) is 34.1 Å². The van der Waals surface area contributed by atoms with Crippen LogP contribution in [0.3, 0.4) is 0 Å². The third-order valence-electron chi connectivity index (χ3n) is 1.18. The Morgan fingerprint density at radius 1 is 0.583 bits per heavy atom. The molecule has 0 aromatic carbocycles. The van der Waals surface area contributed by atoms with Crippen LogP contribution in [0.4, 0.5) is 0 Å². The smallest absolute Gasteiger partial charge is 0.207 e. The molecule has 0 atom stereocenters. The highest BCUT2D eigenvalue weighted by Gasteiger charge is 2.29. The Balaban J connectivity index is 3.32. The van der Waals surface area contributed by atoms with Gasteiger partial charge in [-0.05, 0) is 90.4 Å². The highest BCUT2D eigenvalue weighted by atomic mass is 127. The van der Waals surface area contributed by atoms with Crippen LogP contribution < -0.4 is 0 Å². The van der Waals surface area contributed by atoms with Crippen LogP contribution in [0.15, 0.2) is 14.3 Å². The van der Waals surface area contributed by atoms with Crippen molar-refractivity contribution in [3.05, 3.63) is 14.3 Å². The predicted octanol–water partition coefficient (Wildman–Crippen LogP) is 3.30. The Kier molecular flexibility index (Phi) is 4.44. The molecule has 2 nitrogen and oxygen atoms in total. The fourth-order valence-electron chi connectivity index (χ4n) is 0.591. The Bertz CT molecular complexity index is 277. The predicted molar refractivity (Wildman–Crippen MR) is 80.1 cm³/mol. The molecule has 0 fully saturated rings. The molecule has 0 amide bonds. The summed E-state index contributed by atoms with van der Waals surface area (Å²) in [6.45, 7) is 0. The van der Waals surface area contributed by atoms with E-state index >= 15 is 0 Å². The molecule has 6 heteroatoms. The number of allylic oxidation sites excluding steroid dienone is 4. The van der Waals surface area contributed by atoms with Gasteiger partial charge in [-0.3, -0.25) is 9.59 Å². The van der Waals surface area contributed by atoms with E-state index in [0.29, 0.717) is 14.3 Å². The molecular formula is C6I4O2. The standard InChI is InChI=1S/C6I4O2/c7-1-2(8)6(12)4(10)3(9)5(1)11. The van der Waals surface area contributed by atoms with Gasteiger partial charge in [-0.15, -0.1) is 0 Å². The number of halogens is 4. The van der Waals surface area contributed by atoms with Crippen LogP contribution in [-0.4, -0.2) is 11.6 Å². The first-order chi connectivity index (χ1) is 5.46. The van der Waals surface area contributed by atoms with Crippen molar-refractivity contribution in [3.63, 3.8) is 0 Å². The Hall–Kier alpha value is 1.74. The van der Waals surface area contributed by atoms with Gasteiger partial charge in [0.15, 0.2) is 0 Å². The second kappa shape index (κ2) is 4.51. The largest absolute Gasteiger partial charge is 0.287 e. The lowest BCUT2D eigenvalue weighted by Gasteiger charge is -2.10. The van der Waals surface area contributed by atoms with Crippen molar-refractivity contribution < 1.29 is 9.59 Å². The lowest BCUT2D eigenvalue weighted by Crippen LogP contribution is -2.13. The van der Waals surface area contributed by atoms with E-state index in [1.54, 1.807) is 0 Å². The Labute approximate surface area is 124 Å². The maximum Gasteiger partial charge on any atom is 0.207 e. The van der Waals surface area contributed by atoms with E-state index in [2.05, 4.69) is 0 Å². The SMILES string of the molecule is O=C1C(I)=C(I)C(=O)C(I)=C1I. The fourth-order valence-corrected chi connectivity index (χ4v) is 3.68. The third kappa shape index (κ3) is 2.04. The van der Waals surface area contributed by atoms with Gasteiger partial charge in [0.1, 0.15) is 0 Å². The van der Waals surface area contributed by atoms with Crippen molar-refractivity contribution in [2.24, 2.45) is 0 Å². The van der Waals surface area contributed by atoms with Crippen LogP contribution >= 0.6 is 90.4 Å². The number of ketones is 2. The summed E-state index contributed by atoms with van der Waals surface area (Å²) in [6, 6.07) is 0. The zero-order chi connectivity index (χ0) is 9.46. The monoisotopic (exact) mass is 612 g/mol. The summed E-state index contributed by atoms with van der Waals surface area (Å²) in [5, 5.41) is 0. The molecular weight excluding hydrogens is 612 g/mol. The number of rotatable bonds is 0. The Morgan fingerprint density at radius 3 is 0.917 bits per heavy atom. The van der Waals surface area contributed by atoms with E-state index in [-0.39, 0.29) is 11.6 Å². The van der Waals surface area contributed by atoms with Gasteiger partial charge in [-0.25, -0.2) is 0 Å². The van der Waals surface area contributed by atoms with Crippen LogP contribution in [0.2, 0.25) is 0 Å². The van der Waals surface area contributed by atoms with Crippen LogP contribution in [0.5, 0.6) is 0 Å². The van der Waals surface area contributed by atoms with Gasteiger partial charge >= 0.3 is 0 Å². The number of carbonyl (C=O) groups excluding carboxylic acids is 2. The molecule has 0 spiro atoms. The third-order valence-corrected chi connectivity index (χ3v) is 7.36. The number of carbonyl (C=O) groups is 2. The van der Waals surface area contributed by atoms with Gasteiger partial charge in [0, 0.05) is 0 Å². The Morgan fingerprint density at radius 2 is 0.750 bits per heavy atom. The molecule has 0 aliphatic heterocycles. The van der Waals surface area contributed by atoms with Gasteiger partial charge in [0.05, 0.1) is 14.3 Å². The zero-order valence-corrected chi connectivity index (χ0v) is 14.0. The van der Waals surface area contributed by atoms with Gasteiger partial charge in [-0.1, -0.05) is 0 Å². The van der Waals surface area contributed by atoms with Crippen molar-refractivity contribution in [1.29, 1.82) is 0 Å². The molecule has 0 radical (unpaired) electrons.